The molecule has 1 fully saturated rings. The number of nitrogens with one attached hydrogen (secondary N) is 1. The molecule has 0 unspecified atom stereocenters. The molecular formula is C26H27N3O6S. The first-order valence-electron chi connectivity index (χ1n) is 11.6. The van der Waals surface area contributed by atoms with Gasteiger partial charge in [-0.05, 0) is 73.0 Å². The zero-order valence-corrected chi connectivity index (χ0v) is 20.8. The lowest BCUT2D eigenvalue weighted by atomic mass is 9.83. The van der Waals surface area contributed by atoms with Crippen LogP contribution in [0, 0.1) is 5.92 Å². The molecule has 2 atom stereocenters. The first-order valence-corrected chi connectivity index (χ1v) is 13.1. The van der Waals surface area contributed by atoms with Gasteiger partial charge in [-0.1, -0.05) is 0 Å². The van der Waals surface area contributed by atoms with Gasteiger partial charge in [0.1, 0.15) is 17.2 Å². The number of anilines is 1. The van der Waals surface area contributed by atoms with Crippen molar-refractivity contribution in [2.75, 3.05) is 32.0 Å². The Labute approximate surface area is 209 Å². The van der Waals surface area contributed by atoms with Gasteiger partial charge in [-0.2, -0.15) is 0 Å². The molecule has 1 saturated heterocycles. The molecule has 1 aromatic heterocycles. The Balaban J connectivity index is 1.37. The number of ether oxygens (including phenoxy) is 2. The van der Waals surface area contributed by atoms with Crippen LogP contribution in [0.5, 0.6) is 11.5 Å². The highest BCUT2D eigenvalue weighted by Crippen LogP contribution is 2.36. The minimum absolute atomic E-state index is 0.000330. The van der Waals surface area contributed by atoms with Gasteiger partial charge in [-0.25, -0.2) is 8.42 Å². The monoisotopic (exact) mass is 509 g/mol. The van der Waals surface area contributed by atoms with Gasteiger partial charge < -0.3 is 18.9 Å². The van der Waals surface area contributed by atoms with E-state index in [1.807, 2.05) is 4.90 Å². The van der Waals surface area contributed by atoms with Crippen LogP contribution in [0.15, 0.2) is 70.4 Å². The standard InChI is InChI=1S/C26H27N3O6S/c1-34-20-5-3-18(4-6-20)25(30)28-14-17-13-19(16-28)24-12-11-23(26(31)29(24)15-17)27-36(32,33)22-9-7-21(35-2)8-10-22/h3-12,17,19,27H,13-16H2,1-2H3/t17-,19-/m1/s1. The third-order valence-corrected chi connectivity index (χ3v) is 8.22. The van der Waals surface area contributed by atoms with Crippen LogP contribution in [0.3, 0.4) is 0 Å². The van der Waals surface area contributed by atoms with Gasteiger partial charge in [0, 0.05) is 36.8 Å². The summed E-state index contributed by atoms with van der Waals surface area (Å²) in [6.07, 6.45) is 0.878. The maximum Gasteiger partial charge on any atom is 0.275 e. The molecule has 1 amide bonds. The van der Waals surface area contributed by atoms with Crippen molar-refractivity contribution in [1.82, 2.24) is 9.47 Å². The molecule has 36 heavy (non-hydrogen) atoms. The normalized spacial score (nSPS) is 18.8. The number of nitrogens with zero attached hydrogens (tertiary/aromatic N) is 2. The fourth-order valence-corrected chi connectivity index (χ4v) is 6.12. The quantitative estimate of drug-likeness (QED) is 0.548. The predicted molar refractivity (Wildman–Crippen MR) is 134 cm³/mol. The molecule has 2 aliphatic rings. The number of amides is 1. The molecule has 2 aliphatic heterocycles. The van der Waals surface area contributed by atoms with E-state index in [-0.39, 0.29) is 33.9 Å². The summed E-state index contributed by atoms with van der Waals surface area (Å²) in [7, 11) is -0.862. The molecule has 1 N–H and O–H groups in total. The summed E-state index contributed by atoms with van der Waals surface area (Å²) in [4.78, 5) is 28.3. The fraction of sp³-hybridized carbons (Fsp3) is 0.308. The van der Waals surface area contributed by atoms with Crippen molar-refractivity contribution in [3.05, 3.63) is 82.3 Å². The summed E-state index contributed by atoms with van der Waals surface area (Å²) in [5.74, 6) is 1.28. The van der Waals surface area contributed by atoms with Crippen LogP contribution >= 0.6 is 0 Å². The van der Waals surface area contributed by atoms with Crippen LogP contribution in [0.25, 0.3) is 0 Å². The molecular weight excluding hydrogens is 482 g/mol. The van der Waals surface area contributed by atoms with E-state index in [1.54, 1.807) is 54.1 Å². The van der Waals surface area contributed by atoms with Crippen molar-refractivity contribution in [2.45, 2.75) is 23.8 Å². The Morgan fingerprint density at radius 3 is 2.17 bits per heavy atom. The van der Waals surface area contributed by atoms with Gasteiger partial charge in [0.2, 0.25) is 0 Å². The number of sulfonamides is 1. The van der Waals surface area contributed by atoms with Crippen LogP contribution in [0.4, 0.5) is 5.69 Å². The maximum absolute atomic E-state index is 13.3. The van der Waals surface area contributed by atoms with Crippen LogP contribution in [0.1, 0.15) is 28.4 Å². The Hall–Kier alpha value is -3.79. The van der Waals surface area contributed by atoms with E-state index in [4.69, 9.17) is 9.47 Å². The lowest BCUT2D eigenvalue weighted by Crippen LogP contribution is -2.49. The van der Waals surface area contributed by atoms with Crippen molar-refractivity contribution in [2.24, 2.45) is 5.92 Å². The number of benzene rings is 2. The Morgan fingerprint density at radius 2 is 1.53 bits per heavy atom. The number of methoxy groups -OCH3 is 2. The summed E-state index contributed by atoms with van der Waals surface area (Å²) < 4.78 is 40.1. The zero-order chi connectivity index (χ0) is 25.4. The molecule has 9 nitrogen and oxygen atoms in total. The number of piperidine rings is 1. The molecule has 3 heterocycles. The second-order valence-electron chi connectivity index (χ2n) is 9.11. The first kappa shape index (κ1) is 23.9. The summed E-state index contributed by atoms with van der Waals surface area (Å²) in [5.41, 5.74) is 1.03. The van der Waals surface area contributed by atoms with E-state index in [1.165, 1.54) is 25.3 Å². The number of hydrogen-bond donors (Lipinski definition) is 1. The van der Waals surface area contributed by atoms with Crippen molar-refractivity contribution < 1.29 is 22.7 Å². The highest BCUT2D eigenvalue weighted by molar-refractivity contribution is 7.92. The fourth-order valence-electron chi connectivity index (χ4n) is 5.06. The molecule has 5 rings (SSSR count). The smallest absolute Gasteiger partial charge is 0.275 e. The van der Waals surface area contributed by atoms with E-state index in [0.29, 0.717) is 36.7 Å². The molecule has 0 aliphatic carbocycles. The molecule has 0 spiro atoms. The van der Waals surface area contributed by atoms with Crippen LogP contribution < -0.4 is 19.8 Å². The number of aromatic nitrogens is 1. The third kappa shape index (κ3) is 4.44. The van der Waals surface area contributed by atoms with Gasteiger partial charge in [0.05, 0.1) is 19.1 Å². The molecule has 0 radical (unpaired) electrons. The summed E-state index contributed by atoms with van der Waals surface area (Å²) in [6.45, 7) is 1.46. The first-order chi connectivity index (χ1) is 17.3. The highest BCUT2D eigenvalue weighted by atomic mass is 32.2. The predicted octanol–water partition coefficient (Wildman–Crippen LogP) is 2.93. The number of hydrogen-bond acceptors (Lipinski definition) is 6. The topological polar surface area (TPSA) is 107 Å². The second-order valence-corrected chi connectivity index (χ2v) is 10.8. The molecule has 3 aromatic rings. The number of fused-ring (bicyclic) bond motifs is 4. The Morgan fingerprint density at radius 1 is 0.889 bits per heavy atom. The third-order valence-electron chi connectivity index (χ3n) is 6.84. The maximum atomic E-state index is 13.3. The van der Waals surface area contributed by atoms with E-state index in [0.717, 1.165) is 12.1 Å². The number of rotatable bonds is 6. The molecule has 188 valence electrons. The van der Waals surface area contributed by atoms with Crippen molar-refractivity contribution in [3.63, 3.8) is 0 Å². The van der Waals surface area contributed by atoms with Crippen molar-refractivity contribution >= 4 is 21.6 Å². The van der Waals surface area contributed by atoms with E-state index in [9.17, 15) is 18.0 Å². The van der Waals surface area contributed by atoms with Crippen molar-refractivity contribution in [1.29, 1.82) is 0 Å². The average Bonchev–Trinajstić information content (AvgIpc) is 2.90. The zero-order valence-electron chi connectivity index (χ0n) is 20.0. The van der Waals surface area contributed by atoms with Crippen LogP contribution in [0.2, 0.25) is 0 Å². The Kier molecular flexibility index (Phi) is 6.21. The summed E-state index contributed by atoms with van der Waals surface area (Å²) in [5, 5.41) is 0. The summed E-state index contributed by atoms with van der Waals surface area (Å²) in [6, 6.07) is 16.3. The van der Waals surface area contributed by atoms with Gasteiger partial charge in [0.15, 0.2) is 0 Å². The number of carbonyl (C=O) groups is 1. The minimum atomic E-state index is -3.94. The van der Waals surface area contributed by atoms with Crippen LogP contribution in [-0.2, 0) is 16.6 Å². The van der Waals surface area contributed by atoms with Gasteiger partial charge in [-0.15, -0.1) is 0 Å². The number of likely N-dealkylation sites (tertiary alicyclic amines) is 1. The van der Waals surface area contributed by atoms with Crippen molar-refractivity contribution in [3.8, 4) is 11.5 Å². The summed E-state index contributed by atoms with van der Waals surface area (Å²) >= 11 is 0. The number of carbonyl (C=O) groups excluding carboxylic acids is 1. The largest absolute Gasteiger partial charge is 0.497 e. The van der Waals surface area contributed by atoms with Gasteiger partial charge in [-0.3, -0.25) is 14.3 Å². The number of pyridine rings is 1. The van der Waals surface area contributed by atoms with Crippen LogP contribution in [-0.4, -0.2) is 51.1 Å². The highest BCUT2D eigenvalue weighted by Gasteiger charge is 2.37. The molecule has 2 bridgehead atoms. The van der Waals surface area contributed by atoms with Gasteiger partial charge >= 0.3 is 0 Å². The molecule has 0 saturated carbocycles. The lowest BCUT2D eigenvalue weighted by molar-refractivity contribution is 0.0594. The van der Waals surface area contributed by atoms with Gasteiger partial charge in [0.25, 0.3) is 21.5 Å². The van der Waals surface area contributed by atoms with E-state index in [2.05, 4.69) is 4.72 Å². The average molecular weight is 510 g/mol. The van der Waals surface area contributed by atoms with E-state index < -0.39 is 10.0 Å². The Bertz CT molecular complexity index is 1450. The second kappa shape index (κ2) is 9.34. The lowest BCUT2D eigenvalue weighted by Gasteiger charge is -2.43. The van der Waals surface area contributed by atoms with E-state index >= 15 is 0 Å². The SMILES string of the molecule is COc1ccc(C(=O)N2C[C@H]3C[C@H](C2)c2ccc(NS(=O)(=O)c4ccc(OC)cc4)c(=O)n2C3)cc1. The molecule has 10 heteroatoms. The minimum Gasteiger partial charge on any atom is -0.497 e. The molecule has 2 aromatic carbocycles.